The Hall–Kier alpha value is -1.36. The smallest absolute Gasteiger partial charge is 0.134 e. The molecule has 0 spiro atoms. The van der Waals surface area contributed by atoms with Gasteiger partial charge in [0.15, 0.2) is 0 Å². The molecule has 0 aliphatic heterocycles. The van der Waals surface area contributed by atoms with E-state index in [0.717, 1.165) is 56.2 Å². The summed E-state index contributed by atoms with van der Waals surface area (Å²) < 4.78 is 5.29. The van der Waals surface area contributed by atoms with Crippen molar-refractivity contribution in [1.82, 2.24) is 9.97 Å². The summed E-state index contributed by atoms with van der Waals surface area (Å²) in [6, 6.07) is 0. The Balaban J connectivity index is 2.57. The topological polar surface area (TPSA) is 73.1 Å². The van der Waals surface area contributed by atoms with Gasteiger partial charge in [0.1, 0.15) is 17.5 Å². The molecule has 0 fully saturated rings. The van der Waals surface area contributed by atoms with Gasteiger partial charge in [-0.05, 0) is 26.7 Å². The fraction of sp³-hybridized carbons (Fsp3) is 0.692. The summed E-state index contributed by atoms with van der Waals surface area (Å²) in [5.41, 5.74) is 6.81. The van der Waals surface area contributed by atoms with Crippen LogP contribution in [0.2, 0.25) is 0 Å². The third-order valence-corrected chi connectivity index (χ3v) is 2.67. The predicted molar refractivity (Wildman–Crippen MR) is 74.8 cm³/mol. The molecule has 0 aliphatic rings. The Bertz CT molecular complexity index is 368. The molecular formula is C13H24N4O. The summed E-state index contributed by atoms with van der Waals surface area (Å²) in [5, 5.41) is 3.30. The summed E-state index contributed by atoms with van der Waals surface area (Å²) in [4.78, 5) is 8.78. The fourth-order valence-electron chi connectivity index (χ4n) is 1.61. The number of ether oxygens (including phenoxy) is 1. The number of nitrogens with one attached hydrogen (secondary N) is 1. The predicted octanol–water partition coefficient (Wildman–Crippen LogP) is 2.16. The van der Waals surface area contributed by atoms with E-state index in [1.807, 2.05) is 13.8 Å². The zero-order chi connectivity index (χ0) is 13.4. The summed E-state index contributed by atoms with van der Waals surface area (Å²) in [6.07, 6.45) is 2.84. The van der Waals surface area contributed by atoms with Gasteiger partial charge in [-0.2, -0.15) is 0 Å². The third kappa shape index (κ3) is 4.49. The standard InChI is InChI=1S/C13H24N4O/c1-4-7-11-16-12(14)10(3)13(17-11)15-8-6-9-18-5-2/h4-9H2,1-3H3,(H3,14,15,16,17). The summed E-state index contributed by atoms with van der Waals surface area (Å²) in [5.74, 6) is 2.23. The van der Waals surface area contributed by atoms with Crippen LogP contribution >= 0.6 is 0 Å². The number of nitrogens with zero attached hydrogens (tertiary/aromatic N) is 2. The zero-order valence-corrected chi connectivity index (χ0v) is 11.6. The molecule has 1 aromatic rings. The van der Waals surface area contributed by atoms with E-state index in [-0.39, 0.29) is 0 Å². The van der Waals surface area contributed by atoms with Crippen molar-refractivity contribution in [1.29, 1.82) is 0 Å². The highest BCUT2D eigenvalue weighted by Crippen LogP contribution is 2.17. The largest absolute Gasteiger partial charge is 0.383 e. The minimum absolute atomic E-state index is 0.570. The van der Waals surface area contributed by atoms with Crippen molar-refractivity contribution in [3.63, 3.8) is 0 Å². The molecule has 0 aromatic carbocycles. The zero-order valence-electron chi connectivity index (χ0n) is 11.6. The average Bonchev–Trinajstić information content (AvgIpc) is 2.35. The molecule has 5 nitrogen and oxygen atoms in total. The lowest BCUT2D eigenvalue weighted by atomic mass is 10.2. The minimum Gasteiger partial charge on any atom is -0.383 e. The van der Waals surface area contributed by atoms with E-state index in [1.54, 1.807) is 0 Å². The molecule has 0 unspecified atom stereocenters. The van der Waals surface area contributed by atoms with Gasteiger partial charge in [0.25, 0.3) is 0 Å². The first-order valence-electron chi connectivity index (χ1n) is 6.63. The lowest BCUT2D eigenvalue weighted by molar-refractivity contribution is 0.147. The van der Waals surface area contributed by atoms with E-state index in [4.69, 9.17) is 10.5 Å². The lowest BCUT2D eigenvalue weighted by Gasteiger charge is -2.11. The van der Waals surface area contributed by atoms with Crippen LogP contribution in [0.5, 0.6) is 0 Å². The van der Waals surface area contributed by atoms with Crippen LogP contribution in [0, 0.1) is 6.92 Å². The molecule has 3 N–H and O–H groups in total. The van der Waals surface area contributed by atoms with Crippen LogP contribution in [0.4, 0.5) is 11.6 Å². The van der Waals surface area contributed by atoms with Crippen molar-refractivity contribution in [2.75, 3.05) is 30.8 Å². The van der Waals surface area contributed by atoms with E-state index >= 15 is 0 Å². The molecular weight excluding hydrogens is 228 g/mol. The molecule has 0 saturated heterocycles. The fourth-order valence-corrected chi connectivity index (χ4v) is 1.61. The van der Waals surface area contributed by atoms with Crippen LogP contribution < -0.4 is 11.1 Å². The van der Waals surface area contributed by atoms with Gasteiger partial charge in [-0.25, -0.2) is 9.97 Å². The quantitative estimate of drug-likeness (QED) is 0.694. The first-order chi connectivity index (χ1) is 8.69. The van der Waals surface area contributed by atoms with Crippen molar-refractivity contribution >= 4 is 11.6 Å². The molecule has 0 amide bonds. The van der Waals surface area contributed by atoms with Gasteiger partial charge >= 0.3 is 0 Å². The van der Waals surface area contributed by atoms with E-state index in [0.29, 0.717) is 5.82 Å². The van der Waals surface area contributed by atoms with Crippen LogP contribution in [0.25, 0.3) is 0 Å². The van der Waals surface area contributed by atoms with Gasteiger partial charge in [0.05, 0.1) is 0 Å². The van der Waals surface area contributed by atoms with E-state index in [1.165, 1.54) is 0 Å². The molecule has 1 rings (SSSR count). The van der Waals surface area contributed by atoms with Crippen molar-refractivity contribution < 1.29 is 4.74 Å². The van der Waals surface area contributed by atoms with E-state index < -0.39 is 0 Å². The summed E-state index contributed by atoms with van der Waals surface area (Å²) in [7, 11) is 0. The van der Waals surface area contributed by atoms with Crippen molar-refractivity contribution in [3.05, 3.63) is 11.4 Å². The second kappa shape index (κ2) is 7.87. The number of aromatic nitrogens is 2. The third-order valence-electron chi connectivity index (χ3n) is 2.67. The molecule has 0 aliphatic carbocycles. The molecule has 0 bridgehead atoms. The molecule has 1 heterocycles. The Morgan fingerprint density at radius 2 is 2.06 bits per heavy atom. The number of anilines is 2. The maximum atomic E-state index is 5.89. The first-order valence-corrected chi connectivity index (χ1v) is 6.63. The van der Waals surface area contributed by atoms with Gasteiger partial charge in [0, 0.05) is 31.7 Å². The number of hydrogen-bond acceptors (Lipinski definition) is 5. The van der Waals surface area contributed by atoms with Crippen LogP contribution in [0.1, 0.15) is 38.1 Å². The lowest BCUT2D eigenvalue weighted by Crippen LogP contribution is -2.12. The highest BCUT2D eigenvalue weighted by Gasteiger charge is 2.07. The van der Waals surface area contributed by atoms with Crippen LogP contribution in [-0.4, -0.2) is 29.7 Å². The maximum absolute atomic E-state index is 5.89. The van der Waals surface area contributed by atoms with Gasteiger partial charge < -0.3 is 15.8 Å². The number of nitrogen functional groups attached to an aromatic ring is 1. The summed E-state index contributed by atoms with van der Waals surface area (Å²) in [6.45, 7) is 8.41. The molecule has 1 aromatic heterocycles. The first kappa shape index (κ1) is 14.7. The Kier molecular flexibility index (Phi) is 6.43. The van der Waals surface area contributed by atoms with Crippen molar-refractivity contribution in [2.24, 2.45) is 0 Å². The van der Waals surface area contributed by atoms with E-state index in [2.05, 4.69) is 22.2 Å². The average molecular weight is 252 g/mol. The number of rotatable bonds is 8. The normalized spacial score (nSPS) is 10.6. The van der Waals surface area contributed by atoms with Crippen LogP contribution in [-0.2, 0) is 11.2 Å². The SMILES string of the molecule is CCCc1nc(N)c(C)c(NCCCOCC)n1. The Labute approximate surface area is 109 Å². The number of nitrogens with two attached hydrogens (primary N) is 1. The second-order valence-electron chi connectivity index (χ2n) is 4.23. The van der Waals surface area contributed by atoms with Crippen molar-refractivity contribution in [2.45, 2.75) is 40.0 Å². The van der Waals surface area contributed by atoms with Gasteiger partial charge in [-0.3, -0.25) is 0 Å². The van der Waals surface area contributed by atoms with Gasteiger partial charge in [-0.15, -0.1) is 0 Å². The summed E-state index contributed by atoms with van der Waals surface area (Å²) >= 11 is 0. The highest BCUT2D eigenvalue weighted by atomic mass is 16.5. The number of aryl methyl sites for hydroxylation is 1. The van der Waals surface area contributed by atoms with Gasteiger partial charge in [0.2, 0.25) is 0 Å². The monoisotopic (exact) mass is 252 g/mol. The molecule has 5 heteroatoms. The molecule has 18 heavy (non-hydrogen) atoms. The Morgan fingerprint density at radius 1 is 1.28 bits per heavy atom. The minimum atomic E-state index is 0.570. The van der Waals surface area contributed by atoms with Crippen molar-refractivity contribution in [3.8, 4) is 0 Å². The molecule has 102 valence electrons. The molecule has 0 radical (unpaired) electrons. The van der Waals surface area contributed by atoms with E-state index in [9.17, 15) is 0 Å². The van der Waals surface area contributed by atoms with Gasteiger partial charge in [-0.1, -0.05) is 6.92 Å². The number of hydrogen-bond donors (Lipinski definition) is 2. The molecule has 0 atom stereocenters. The Morgan fingerprint density at radius 3 is 2.72 bits per heavy atom. The van der Waals surface area contributed by atoms with Crippen LogP contribution in [0.3, 0.4) is 0 Å². The second-order valence-corrected chi connectivity index (χ2v) is 4.23. The maximum Gasteiger partial charge on any atom is 0.134 e. The molecule has 0 saturated carbocycles. The van der Waals surface area contributed by atoms with Crippen LogP contribution in [0.15, 0.2) is 0 Å². The highest BCUT2D eigenvalue weighted by molar-refractivity contribution is 5.54.